The number of hydrogen-bond donors (Lipinski definition) is 1. The maximum atomic E-state index is 13.3. The smallest absolute Gasteiger partial charge is 0.276 e. The van der Waals surface area contributed by atoms with E-state index >= 15 is 0 Å². The van der Waals surface area contributed by atoms with Crippen molar-refractivity contribution >= 4 is 49.5 Å². The molecule has 1 N–H and O–H groups in total. The predicted molar refractivity (Wildman–Crippen MR) is 123 cm³/mol. The number of fused-ring (bicyclic) bond motifs is 1. The summed E-state index contributed by atoms with van der Waals surface area (Å²) in [4.78, 5) is 13.9. The Morgan fingerprint density at radius 2 is 1.81 bits per heavy atom. The standard InChI is InChI=1S/C22H25ClN3O3S2/c23-19-6-4-18-15-20(7-5-17(18)14-19)31(28,29)13-8-21(27)26(10-2-1-3-11-26)16-25-9-12-30-22(25)24/h4-7,9,12,14-15,24H,1-3,8,10-11,13,16H2/q+1. The summed E-state index contributed by atoms with van der Waals surface area (Å²) >= 11 is 7.33. The fraction of sp³-hybridized carbons (Fsp3) is 0.364. The molecule has 2 heterocycles. The van der Waals surface area contributed by atoms with Gasteiger partial charge in [-0.05, 0) is 54.3 Å². The molecular weight excluding hydrogens is 454 g/mol. The fourth-order valence-electron chi connectivity index (χ4n) is 4.26. The molecular formula is C22H25ClN3O3S2+. The van der Waals surface area contributed by atoms with E-state index in [9.17, 15) is 13.2 Å². The Bertz CT molecular complexity index is 1270. The molecule has 1 amide bonds. The third-order valence-electron chi connectivity index (χ3n) is 6.02. The van der Waals surface area contributed by atoms with E-state index in [-0.39, 0.29) is 27.5 Å². The zero-order valence-electron chi connectivity index (χ0n) is 17.1. The Kier molecular flexibility index (Phi) is 6.35. The van der Waals surface area contributed by atoms with Gasteiger partial charge in [0.2, 0.25) is 0 Å². The Morgan fingerprint density at radius 3 is 2.52 bits per heavy atom. The molecule has 9 heteroatoms. The maximum Gasteiger partial charge on any atom is 0.316 e. The molecule has 6 nitrogen and oxygen atoms in total. The fourth-order valence-corrected chi connectivity index (χ4v) is 6.29. The molecule has 0 unspecified atom stereocenters. The predicted octanol–water partition coefficient (Wildman–Crippen LogP) is 4.18. The van der Waals surface area contributed by atoms with Crippen LogP contribution in [-0.4, -0.2) is 42.2 Å². The molecule has 1 fully saturated rings. The summed E-state index contributed by atoms with van der Waals surface area (Å²) in [5.74, 6) is -0.276. The van der Waals surface area contributed by atoms with Gasteiger partial charge in [0.15, 0.2) is 21.3 Å². The summed E-state index contributed by atoms with van der Waals surface area (Å²) < 4.78 is 28.0. The quantitative estimate of drug-likeness (QED) is 0.539. The van der Waals surface area contributed by atoms with Crippen molar-refractivity contribution < 1.29 is 17.7 Å². The van der Waals surface area contributed by atoms with Gasteiger partial charge in [0.05, 0.1) is 30.2 Å². The lowest BCUT2D eigenvalue weighted by Crippen LogP contribution is -2.57. The van der Waals surface area contributed by atoms with Crippen LogP contribution >= 0.6 is 22.9 Å². The number of carbonyl (C=O) groups is 1. The SMILES string of the molecule is N=c1sccn1C[N+]1(C(=O)CCS(=O)(=O)c2ccc3cc(Cl)ccc3c2)CCCCC1. The van der Waals surface area contributed by atoms with Crippen molar-refractivity contribution in [1.82, 2.24) is 4.57 Å². The van der Waals surface area contributed by atoms with E-state index in [0.29, 0.717) is 29.6 Å². The van der Waals surface area contributed by atoms with E-state index in [2.05, 4.69) is 0 Å². The second-order valence-corrected chi connectivity index (χ2v) is 11.5. The molecule has 1 saturated heterocycles. The van der Waals surface area contributed by atoms with Crippen LogP contribution in [0.15, 0.2) is 52.9 Å². The Hall–Kier alpha value is -2.00. The Labute approximate surface area is 190 Å². The first-order valence-corrected chi connectivity index (χ1v) is 13.2. The monoisotopic (exact) mass is 478 g/mol. The van der Waals surface area contributed by atoms with Crippen molar-refractivity contribution in [3.63, 3.8) is 0 Å². The number of amides is 1. The minimum absolute atomic E-state index is 0.0288. The largest absolute Gasteiger partial charge is 0.316 e. The van der Waals surface area contributed by atoms with Gasteiger partial charge < -0.3 is 0 Å². The van der Waals surface area contributed by atoms with Gasteiger partial charge in [-0.3, -0.25) is 9.98 Å². The highest BCUT2D eigenvalue weighted by molar-refractivity contribution is 7.91. The van der Waals surface area contributed by atoms with Crippen LogP contribution in [0, 0.1) is 5.41 Å². The van der Waals surface area contributed by atoms with Crippen LogP contribution < -0.4 is 4.80 Å². The molecule has 0 saturated carbocycles. The molecule has 0 radical (unpaired) electrons. The van der Waals surface area contributed by atoms with Gasteiger partial charge in [0.1, 0.15) is 0 Å². The van der Waals surface area contributed by atoms with Gasteiger partial charge in [0, 0.05) is 16.6 Å². The second kappa shape index (κ2) is 8.86. The lowest BCUT2D eigenvalue weighted by molar-refractivity contribution is -0.882. The number of rotatable bonds is 6. The Balaban J connectivity index is 1.53. The third-order valence-corrected chi connectivity index (χ3v) is 8.69. The molecule has 0 bridgehead atoms. The first kappa shape index (κ1) is 22.2. The second-order valence-electron chi connectivity index (χ2n) is 8.09. The Morgan fingerprint density at radius 1 is 1.10 bits per heavy atom. The van der Waals surface area contributed by atoms with E-state index in [1.807, 2.05) is 11.6 Å². The van der Waals surface area contributed by atoms with Crippen LogP contribution in [0.4, 0.5) is 0 Å². The molecule has 1 aromatic heterocycles. The first-order chi connectivity index (χ1) is 14.8. The van der Waals surface area contributed by atoms with Crippen LogP contribution in [-0.2, 0) is 21.3 Å². The van der Waals surface area contributed by atoms with Crippen LogP contribution in [0.5, 0.6) is 0 Å². The number of carbonyl (C=O) groups excluding carboxylic acids is 1. The first-order valence-electron chi connectivity index (χ1n) is 10.3. The molecule has 4 rings (SSSR count). The van der Waals surface area contributed by atoms with Gasteiger partial charge in [-0.2, -0.15) is 0 Å². The summed E-state index contributed by atoms with van der Waals surface area (Å²) in [5, 5.41) is 12.2. The highest BCUT2D eigenvalue weighted by Gasteiger charge is 2.39. The number of nitrogens with zero attached hydrogens (tertiary/aromatic N) is 2. The molecule has 2 aromatic carbocycles. The normalized spacial score (nSPS) is 16.4. The van der Waals surface area contributed by atoms with Gasteiger partial charge in [-0.15, -0.1) is 11.3 Å². The number of halogens is 1. The molecule has 3 aromatic rings. The molecule has 0 aliphatic carbocycles. The van der Waals surface area contributed by atoms with Crippen molar-refractivity contribution in [3.05, 3.63) is 57.8 Å². The van der Waals surface area contributed by atoms with Crippen LogP contribution in [0.1, 0.15) is 25.7 Å². The van der Waals surface area contributed by atoms with E-state index in [0.717, 1.165) is 30.0 Å². The highest BCUT2D eigenvalue weighted by Crippen LogP contribution is 2.25. The maximum absolute atomic E-state index is 13.3. The summed E-state index contributed by atoms with van der Waals surface area (Å²) in [6.07, 6.45) is 4.74. The number of thiazole rings is 1. The summed E-state index contributed by atoms with van der Waals surface area (Å²) in [5.41, 5.74) is 0. The van der Waals surface area contributed by atoms with Crippen molar-refractivity contribution in [1.29, 1.82) is 5.41 Å². The summed E-state index contributed by atoms with van der Waals surface area (Å²) in [7, 11) is -3.60. The van der Waals surface area contributed by atoms with E-state index in [1.54, 1.807) is 41.0 Å². The topological polar surface area (TPSA) is 80.0 Å². The molecule has 1 aliphatic rings. The average molecular weight is 479 g/mol. The van der Waals surface area contributed by atoms with E-state index in [1.165, 1.54) is 11.3 Å². The van der Waals surface area contributed by atoms with E-state index in [4.69, 9.17) is 17.0 Å². The number of aromatic nitrogens is 1. The lowest BCUT2D eigenvalue weighted by Gasteiger charge is -2.39. The molecule has 0 atom stereocenters. The van der Waals surface area contributed by atoms with E-state index < -0.39 is 9.84 Å². The third kappa shape index (κ3) is 4.77. The zero-order chi connectivity index (χ0) is 22.1. The van der Waals surface area contributed by atoms with Crippen LogP contribution in [0.2, 0.25) is 5.02 Å². The number of sulfone groups is 1. The number of benzene rings is 2. The van der Waals surface area contributed by atoms with Crippen molar-refractivity contribution in [3.8, 4) is 0 Å². The van der Waals surface area contributed by atoms with Crippen molar-refractivity contribution in [2.45, 2.75) is 37.2 Å². The molecule has 164 valence electrons. The minimum Gasteiger partial charge on any atom is -0.276 e. The molecule has 1 aliphatic heterocycles. The van der Waals surface area contributed by atoms with Gasteiger partial charge >= 0.3 is 5.91 Å². The molecule has 0 spiro atoms. The van der Waals surface area contributed by atoms with Gasteiger partial charge in [0.25, 0.3) is 0 Å². The minimum atomic E-state index is -3.60. The van der Waals surface area contributed by atoms with Gasteiger partial charge in [-0.25, -0.2) is 17.7 Å². The zero-order valence-corrected chi connectivity index (χ0v) is 19.5. The number of likely N-dealkylation sites (tertiary alicyclic amines) is 1. The van der Waals surface area contributed by atoms with Crippen molar-refractivity contribution in [2.24, 2.45) is 0 Å². The summed E-state index contributed by atoms with van der Waals surface area (Å²) in [6.45, 7) is 1.79. The highest BCUT2D eigenvalue weighted by atomic mass is 35.5. The number of nitrogens with one attached hydrogen (secondary N) is 1. The van der Waals surface area contributed by atoms with Crippen molar-refractivity contribution in [2.75, 3.05) is 18.8 Å². The lowest BCUT2D eigenvalue weighted by atomic mass is 10.1. The summed E-state index contributed by atoms with van der Waals surface area (Å²) in [6, 6.07) is 10.3. The van der Waals surface area contributed by atoms with Gasteiger partial charge in [-0.1, -0.05) is 23.7 Å². The number of hydrogen-bond acceptors (Lipinski definition) is 5. The average Bonchev–Trinajstić information content (AvgIpc) is 3.16. The van der Waals surface area contributed by atoms with Crippen LogP contribution in [0.25, 0.3) is 10.8 Å². The molecule has 31 heavy (non-hydrogen) atoms. The number of quaternary nitrogens is 1. The number of piperidine rings is 1. The van der Waals surface area contributed by atoms with Crippen LogP contribution in [0.3, 0.4) is 0 Å².